The van der Waals surface area contributed by atoms with Crippen LogP contribution in [0.2, 0.25) is 0 Å². The van der Waals surface area contributed by atoms with Crippen LogP contribution in [0.1, 0.15) is 12.7 Å². The quantitative estimate of drug-likeness (QED) is 0.621. The van der Waals surface area contributed by atoms with Crippen LogP contribution in [0, 0.1) is 0 Å². The molecule has 0 fully saturated rings. The van der Waals surface area contributed by atoms with Gasteiger partial charge in [-0.05, 0) is 6.92 Å². The minimum Gasteiger partial charge on any atom is -0.480 e. The summed E-state index contributed by atoms with van der Waals surface area (Å²) < 4.78 is 1.75. The van der Waals surface area contributed by atoms with Crippen LogP contribution in [0.4, 0.5) is 4.79 Å². The van der Waals surface area contributed by atoms with Crippen LogP contribution in [0.15, 0.2) is 6.33 Å². The molecule has 0 unspecified atom stereocenters. The van der Waals surface area contributed by atoms with Crippen molar-refractivity contribution in [3.63, 3.8) is 0 Å². The number of amides is 2. The van der Waals surface area contributed by atoms with E-state index in [9.17, 15) is 9.59 Å². The SMILES string of the molecule is C[C@H](NC(=O)NCCc1nncn1C)C(=O)O. The Morgan fingerprint density at radius 2 is 2.29 bits per heavy atom. The number of carbonyl (C=O) groups excluding carboxylic acids is 1. The van der Waals surface area contributed by atoms with E-state index in [-0.39, 0.29) is 0 Å². The summed E-state index contributed by atoms with van der Waals surface area (Å²) in [4.78, 5) is 21.7. The molecular formula is C9H15N5O3. The second-order valence-electron chi connectivity index (χ2n) is 3.57. The molecule has 1 heterocycles. The van der Waals surface area contributed by atoms with Crippen LogP contribution in [-0.4, -0.2) is 44.5 Å². The second kappa shape index (κ2) is 5.83. The molecule has 0 saturated heterocycles. The first-order valence-electron chi connectivity index (χ1n) is 5.10. The lowest BCUT2D eigenvalue weighted by Gasteiger charge is -2.10. The highest BCUT2D eigenvalue weighted by Crippen LogP contribution is 1.91. The number of aliphatic carboxylic acids is 1. The molecule has 0 aromatic carbocycles. The van der Waals surface area contributed by atoms with Crippen molar-refractivity contribution in [2.24, 2.45) is 7.05 Å². The van der Waals surface area contributed by atoms with Crippen molar-refractivity contribution in [2.45, 2.75) is 19.4 Å². The topological polar surface area (TPSA) is 109 Å². The van der Waals surface area contributed by atoms with Crippen molar-refractivity contribution < 1.29 is 14.7 Å². The number of carboxylic acids is 1. The molecule has 0 bridgehead atoms. The van der Waals surface area contributed by atoms with E-state index < -0.39 is 18.0 Å². The molecule has 1 rings (SSSR count). The fourth-order valence-electron chi connectivity index (χ4n) is 1.13. The van der Waals surface area contributed by atoms with Gasteiger partial charge in [0.2, 0.25) is 0 Å². The first-order valence-corrected chi connectivity index (χ1v) is 5.10. The summed E-state index contributed by atoms with van der Waals surface area (Å²) in [5, 5.41) is 20.9. The zero-order valence-corrected chi connectivity index (χ0v) is 9.67. The third-order valence-electron chi connectivity index (χ3n) is 2.16. The Kier molecular flexibility index (Phi) is 4.44. The van der Waals surface area contributed by atoms with Crippen molar-refractivity contribution in [1.82, 2.24) is 25.4 Å². The summed E-state index contributed by atoms with van der Waals surface area (Å²) in [6, 6.07) is -1.42. The van der Waals surface area contributed by atoms with E-state index in [1.807, 2.05) is 7.05 Å². The molecule has 0 aliphatic carbocycles. The average Bonchev–Trinajstić information content (AvgIpc) is 2.64. The average molecular weight is 241 g/mol. The molecule has 0 saturated carbocycles. The van der Waals surface area contributed by atoms with Crippen LogP contribution >= 0.6 is 0 Å². The Balaban J connectivity index is 2.25. The van der Waals surface area contributed by atoms with E-state index in [0.29, 0.717) is 13.0 Å². The molecular weight excluding hydrogens is 226 g/mol. The summed E-state index contributed by atoms with van der Waals surface area (Å²) in [6.07, 6.45) is 2.10. The molecule has 0 aliphatic rings. The van der Waals surface area contributed by atoms with Crippen LogP contribution < -0.4 is 10.6 Å². The lowest BCUT2D eigenvalue weighted by atomic mass is 10.3. The number of nitrogens with one attached hydrogen (secondary N) is 2. The fraction of sp³-hybridized carbons (Fsp3) is 0.556. The molecule has 0 spiro atoms. The van der Waals surface area contributed by atoms with Gasteiger partial charge in [-0.1, -0.05) is 0 Å². The summed E-state index contributed by atoms with van der Waals surface area (Å²) in [6.45, 7) is 1.76. The molecule has 8 heteroatoms. The van der Waals surface area contributed by atoms with Gasteiger partial charge >= 0.3 is 12.0 Å². The van der Waals surface area contributed by atoms with Crippen LogP contribution in [0.5, 0.6) is 0 Å². The Morgan fingerprint density at radius 1 is 1.59 bits per heavy atom. The molecule has 0 radical (unpaired) electrons. The summed E-state index contributed by atoms with van der Waals surface area (Å²) >= 11 is 0. The van der Waals surface area contributed by atoms with E-state index in [1.54, 1.807) is 10.9 Å². The number of carbonyl (C=O) groups is 2. The van der Waals surface area contributed by atoms with Gasteiger partial charge in [-0.15, -0.1) is 10.2 Å². The zero-order valence-electron chi connectivity index (χ0n) is 9.67. The van der Waals surface area contributed by atoms with Gasteiger partial charge < -0.3 is 20.3 Å². The number of aromatic nitrogens is 3. The lowest BCUT2D eigenvalue weighted by Crippen LogP contribution is -2.44. The maximum absolute atomic E-state index is 11.2. The predicted octanol–water partition coefficient (Wildman–Crippen LogP) is -0.870. The molecule has 94 valence electrons. The summed E-state index contributed by atoms with van der Waals surface area (Å²) in [5.41, 5.74) is 0. The number of aryl methyl sites for hydroxylation is 1. The maximum Gasteiger partial charge on any atom is 0.325 e. The van der Waals surface area contributed by atoms with Gasteiger partial charge in [-0.2, -0.15) is 0 Å². The van der Waals surface area contributed by atoms with Crippen molar-refractivity contribution >= 4 is 12.0 Å². The van der Waals surface area contributed by atoms with Crippen LogP contribution in [0.3, 0.4) is 0 Å². The Labute approximate surface area is 98.0 Å². The smallest absolute Gasteiger partial charge is 0.325 e. The number of rotatable bonds is 5. The van der Waals surface area contributed by atoms with E-state index in [2.05, 4.69) is 20.8 Å². The van der Waals surface area contributed by atoms with E-state index in [4.69, 9.17) is 5.11 Å². The van der Waals surface area contributed by atoms with Gasteiger partial charge in [0.1, 0.15) is 18.2 Å². The molecule has 8 nitrogen and oxygen atoms in total. The van der Waals surface area contributed by atoms with Crippen molar-refractivity contribution in [3.8, 4) is 0 Å². The predicted molar refractivity (Wildman–Crippen MR) is 58.3 cm³/mol. The largest absolute Gasteiger partial charge is 0.480 e. The van der Waals surface area contributed by atoms with Crippen molar-refractivity contribution in [1.29, 1.82) is 0 Å². The first kappa shape index (κ1) is 12.9. The van der Waals surface area contributed by atoms with Crippen molar-refractivity contribution in [3.05, 3.63) is 12.2 Å². The summed E-state index contributed by atoms with van der Waals surface area (Å²) in [7, 11) is 1.81. The molecule has 1 atom stereocenters. The fourth-order valence-corrected chi connectivity index (χ4v) is 1.13. The zero-order chi connectivity index (χ0) is 12.8. The van der Waals surface area contributed by atoms with E-state index in [0.717, 1.165) is 5.82 Å². The highest BCUT2D eigenvalue weighted by Gasteiger charge is 2.13. The number of carboxylic acid groups (broad SMARTS) is 1. The van der Waals surface area contributed by atoms with E-state index >= 15 is 0 Å². The third-order valence-corrected chi connectivity index (χ3v) is 2.16. The monoisotopic (exact) mass is 241 g/mol. The molecule has 17 heavy (non-hydrogen) atoms. The van der Waals surface area contributed by atoms with Gasteiger partial charge in [-0.25, -0.2) is 4.79 Å². The molecule has 0 aliphatic heterocycles. The first-order chi connectivity index (χ1) is 8.00. The normalized spacial score (nSPS) is 11.9. The Hall–Kier alpha value is -2.12. The highest BCUT2D eigenvalue weighted by atomic mass is 16.4. The van der Waals surface area contributed by atoms with Gasteiger partial charge in [0, 0.05) is 20.0 Å². The Morgan fingerprint density at radius 3 is 2.82 bits per heavy atom. The lowest BCUT2D eigenvalue weighted by molar-refractivity contribution is -0.138. The van der Waals surface area contributed by atoms with Crippen LogP contribution in [-0.2, 0) is 18.3 Å². The molecule has 2 amide bonds. The van der Waals surface area contributed by atoms with Gasteiger partial charge in [0.25, 0.3) is 0 Å². The van der Waals surface area contributed by atoms with Crippen LogP contribution in [0.25, 0.3) is 0 Å². The number of urea groups is 1. The number of hydrogen-bond donors (Lipinski definition) is 3. The minimum atomic E-state index is -1.08. The molecule has 3 N–H and O–H groups in total. The number of hydrogen-bond acceptors (Lipinski definition) is 4. The molecule has 1 aromatic rings. The van der Waals surface area contributed by atoms with E-state index in [1.165, 1.54) is 6.92 Å². The van der Waals surface area contributed by atoms with Gasteiger partial charge in [0.15, 0.2) is 0 Å². The van der Waals surface area contributed by atoms with Crippen molar-refractivity contribution in [2.75, 3.05) is 6.54 Å². The number of nitrogens with zero attached hydrogens (tertiary/aromatic N) is 3. The molecule has 1 aromatic heterocycles. The van der Waals surface area contributed by atoms with Gasteiger partial charge in [-0.3, -0.25) is 4.79 Å². The highest BCUT2D eigenvalue weighted by molar-refractivity contribution is 5.82. The minimum absolute atomic E-state index is 0.366. The maximum atomic E-state index is 11.2. The van der Waals surface area contributed by atoms with Gasteiger partial charge in [0.05, 0.1) is 0 Å². The third kappa shape index (κ3) is 4.09. The standard InChI is InChI=1S/C9H15N5O3/c1-6(8(15)16)12-9(17)10-4-3-7-13-11-5-14(7)2/h5-6H,3-4H2,1-2H3,(H,15,16)(H2,10,12,17)/t6-/m0/s1. The summed E-state index contributed by atoms with van der Waals surface area (Å²) in [5.74, 6) is -0.329. The second-order valence-corrected chi connectivity index (χ2v) is 3.57. The Bertz CT molecular complexity index is 403.